The largest absolute Gasteiger partial charge is 0.487 e. The molecule has 0 aliphatic rings. The molecular weight excluding hydrogens is 244 g/mol. The number of ether oxygens (including phenoxy) is 2. The molecule has 2 rings (SSSR count). The van der Waals surface area contributed by atoms with Gasteiger partial charge in [0.25, 0.3) is 0 Å². The zero-order valence-corrected chi connectivity index (χ0v) is 10.5. The second-order valence-electron chi connectivity index (χ2n) is 3.90. The van der Waals surface area contributed by atoms with Gasteiger partial charge in [0.1, 0.15) is 18.2 Å². The number of nitrogens with zero attached hydrogens (tertiary/aromatic N) is 1. The molecule has 0 amide bonds. The van der Waals surface area contributed by atoms with Gasteiger partial charge in [0.15, 0.2) is 0 Å². The maximum absolute atomic E-state index is 11.3. The molecule has 1 aromatic heterocycles. The third-order valence-corrected chi connectivity index (χ3v) is 2.54. The van der Waals surface area contributed by atoms with Gasteiger partial charge in [-0.3, -0.25) is 0 Å². The summed E-state index contributed by atoms with van der Waals surface area (Å²) in [5.74, 6) is 0.747. The second-order valence-corrected chi connectivity index (χ2v) is 3.90. The molecule has 19 heavy (non-hydrogen) atoms. The summed E-state index contributed by atoms with van der Waals surface area (Å²) in [5, 5.41) is 0. The number of nitrogens with two attached hydrogens (primary N) is 1. The number of benzene rings is 1. The quantitative estimate of drug-likeness (QED) is 0.849. The molecule has 1 aromatic carbocycles. The van der Waals surface area contributed by atoms with Crippen molar-refractivity contribution in [3.63, 3.8) is 0 Å². The number of carbonyl (C=O) groups is 1. The molecule has 1 heterocycles. The molecule has 0 saturated carbocycles. The molecule has 0 spiro atoms. The topological polar surface area (TPSA) is 74.4 Å². The Morgan fingerprint density at radius 2 is 1.95 bits per heavy atom. The van der Waals surface area contributed by atoms with Gasteiger partial charge < -0.3 is 15.2 Å². The minimum Gasteiger partial charge on any atom is -0.487 e. The van der Waals surface area contributed by atoms with Crippen LogP contribution < -0.4 is 10.5 Å². The Morgan fingerprint density at radius 3 is 2.53 bits per heavy atom. The number of hydrogen-bond donors (Lipinski definition) is 1. The molecule has 5 nitrogen and oxygen atoms in total. The molecule has 2 aromatic rings. The van der Waals surface area contributed by atoms with Crippen LogP contribution in [0.15, 0.2) is 42.6 Å². The number of rotatable bonds is 4. The highest BCUT2D eigenvalue weighted by Gasteiger charge is 2.04. The van der Waals surface area contributed by atoms with Crippen LogP contribution in [0.5, 0.6) is 5.75 Å². The van der Waals surface area contributed by atoms with Crippen LogP contribution in [0.25, 0.3) is 0 Å². The van der Waals surface area contributed by atoms with Crippen LogP contribution in [-0.4, -0.2) is 18.1 Å². The summed E-state index contributed by atoms with van der Waals surface area (Å²) in [4.78, 5) is 15.2. The van der Waals surface area contributed by atoms with Crippen LogP contribution in [-0.2, 0) is 11.3 Å². The molecular formula is C14H14N2O3. The molecule has 0 bridgehead atoms. The van der Waals surface area contributed by atoms with E-state index in [4.69, 9.17) is 10.5 Å². The van der Waals surface area contributed by atoms with Gasteiger partial charge in [0.2, 0.25) is 0 Å². The molecule has 0 atom stereocenters. The van der Waals surface area contributed by atoms with Gasteiger partial charge in [-0.2, -0.15) is 0 Å². The summed E-state index contributed by atoms with van der Waals surface area (Å²) in [5.41, 5.74) is 6.94. The van der Waals surface area contributed by atoms with E-state index >= 15 is 0 Å². The van der Waals surface area contributed by atoms with Crippen molar-refractivity contribution in [2.24, 2.45) is 0 Å². The van der Waals surface area contributed by atoms with E-state index in [1.54, 1.807) is 30.5 Å². The summed E-state index contributed by atoms with van der Waals surface area (Å²) in [6, 6.07) is 10.5. The van der Waals surface area contributed by atoms with Crippen LogP contribution in [0.2, 0.25) is 0 Å². The van der Waals surface area contributed by atoms with E-state index < -0.39 is 0 Å². The van der Waals surface area contributed by atoms with E-state index in [0.717, 1.165) is 5.56 Å². The highest BCUT2D eigenvalue weighted by molar-refractivity contribution is 5.89. The van der Waals surface area contributed by atoms with Gasteiger partial charge in [0.05, 0.1) is 18.9 Å². The molecule has 0 fully saturated rings. The first-order chi connectivity index (χ1) is 9.19. The van der Waals surface area contributed by atoms with Gasteiger partial charge in [-0.15, -0.1) is 0 Å². The van der Waals surface area contributed by atoms with Gasteiger partial charge >= 0.3 is 5.97 Å². The third kappa shape index (κ3) is 3.45. The Balaban J connectivity index is 1.96. The van der Waals surface area contributed by atoms with Crippen LogP contribution in [0.1, 0.15) is 15.9 Å². The molecule has 5 heteroatoms. The number of nitrogen functional groups attached to an aromatic ring is 1. The minimum atomic E-state index is -0.352. The Hall–Kier alpha value is -2.56. The number of carbonyl (C=O) groups excluding carboxylic acids is 1. The molecule has 2 N–H and O–H groups in total. The van der Waals surface area contributed by atoms with E-state index in [0.29, 0.717) is 23.7 Å². The fourth-order valence-corrected chi connectivity index (χ4v) is 1.50. The molecule has 0 aliphatic heterocycles. The van der Waals surface area contributed by atoms with E-state index in [9.17, 15) is 4.79 Å². The summed E-state index contributed by atoms with van der Waals surface area (Å²) >= 11 is 0. The van der Waals surface area contributed by atoms with Gasteiger partial charge in [-0.25, -0.2) is 9.78 Å². The van der Waals surface area contributed by atoms with E-state index in [-0.39, 0.29) is 5.97 Å². The smallest absolute Gasteiger partial charge is 0.337 e. The van der Waals surface area contributed by atoms with E-state index in [2.05, 4.69) is 9.72 Å². The van der Waals surface area contributed by atoms with Crippen molar-refractivity contribution in [3.8, 4) is 5.75 Å². The number of pyridine rings is 1. The summed E-state index contributed by atoms with van der Waals surface area (Å²) in [6.07, 6.45) is 1.57. The molecule has 0 saturated heterocycles. The zero-order valence-electron chi connectivity index (χ0n) is 10.5. The van der Waals surface area contributed by atoms with Crippen molar-refractivity contribution in [1.29, 1.82) is 0 Å². The first-order valence-electron chi connectivity index (χ1n) is 5.70. The lowest BCUT2D eigenvalue weighted by atomic mass is 10.1. The van der Waals surface area contributed by atoms with Crippen LogP contribution in [0.4, 0.5) is 5.82 Å². The predicted molar refractivity (Wildman–Crippen MR) is 70.8 cm³/mol. The average molecular weight is 258 g/mol. The molecule has 98 valence electrons. The molecule has 0 aliphatic carbocycles. The Bertz CT molecular complexity index is 550. The number of hydrogen-bond acceptors (Lipinski definition) is 5. The first kappa shape index (κ1) is 12.9. The fraction of sp³-hybridized carbons (Fsp3) is 0.143. The Labute approximate surface area is 111 Å². The zero-order chi connectivity index (χ0) is 13.7. The van der Waals surface area contributed by atoms with E-state index in [1.165, 1.54) is 7.11 Å². The highest BCUT2D eigenvalue weighted by atomic mass is 16.5. The maximum Gasteiger partial charge on any atom is 0.337 e. The second kappa shape index (κ2) is 5.86. The maximum atomic E-state index is 11.3. The van der Waals surface area contributed by atoms with Crippen molar-refractivity contribution >= 4 is 11.8 Å². The monoisotopic (exact) mass is 258 g/mol. The minimum absolute atomic E-state index is 0.352. The molecule has 0 unspecified atom stereocenters. The van der Waals surface area contributed by atoms with Crippen molar-refractivity contribution in [2.75, 3.05) is 12.8 Å². The molecule has 0 radical (unpaired) electrons. The average Bonchev–Trinajstić information content (AvgIpc) is 2.46. The van der Waals surface area contributed by atoms with Crippen molar-refractivity contribution in [3.05, 3.63) is 53.7 Å². The van der Waals surface area contributed by atoms with Gasteiger partial charge in [-0.05, 0) is 29.8 Å². The highest BCUT2D eigenvalue weighted by Crippen LogP contribution is 2.13. The normalized spacial score (nSPS) is 9.95. The summed E-state index contributed by atoms with van der Waals surface area (Å²) in [6.45, 7) is 0.396. The predicted octanol–water partition coefficient (Wildman–Crippen LogP) is 2.03. The van der Waals surface area contributed by atoms with Crippen LogP contribution in [0.3, 0.4) is 0 Å². The lowest BCUT2D eigenvalue weighted by Gasteiger charge is -2.06. The van der Waals surface area contributed by atoms with Crippen LogP contribution >= 0.6 is 0 Å². The van der Waals surface area contributed by atoms with E-state index in [1.807, 2.05) is 12.1 Å². The van der Waals surface area contributed by atoms with Crippen molar-refractivity contribution in [2.45, 2.75) is 6.61 Å². The standard InChI is InChI=1S/C14H14N2O3/c1-18-14(17)11-4-2-10(3-5-11)9-19-12-6-7-13(15)16-8-12/h2-8H,9H2,1H3,(H2,15,16). The Morgan fingerprint density at radius 1 is 1.21 bits per heavy atom. The SMILES string of the molecule is COC(=O)c1ccc(COc2ccc(N)nc2)cc1. The lowest BCUT2D eigenvalue weighted by Crippen LogP contribution is -2.02. The number of esters is 1. The first-order valence-corrected chi connectivity index (χ1v) is 5.70. The Kier molecular flexibility index (Phi) is 3.97. The van der Waals surface area contributed by atoms with Gasteiger partial charge in [0, 0.05) is 0 Å². The third-order valence-electron chi connectivity index (χ3n) is 2.54. The van der Waals surface area contributed by atoms with Crippen molar-refractivity contribution in [1.82, 2.24) is 4.98 Å². The van der Waals surface area contributed by atoms with Gasteiger partial charge in [-0.1, -0.05) is 12.1 Å². The lowest BCUT2D eigenvalue weighted by molar-refractivity contribution is 0.0600. The van der Waals surface area contributed by atoms with Crippen molar-refractivity contribution < 1.29 is 14.3 Å². The summed E-state index contributed by atoms with van der Waals surface area (Å²) in [7, 11) is 1.35. The number of methoxy groups -OCH3 is 1. The summed E-state index contributed by atoms with van der Waals surface area (Å²) < 4.78 is 10.2. The van der Waals surface area contributed by atoms with Crippen LogP contribution in [0, 0.1) is 0 Å². The fourth-order valence-electron chi connectivity index (χ4n) is 1.50. The number of aromatic nitrogens is 1. The number of anilines is 1.